The van der Waals surface area contributed by atoms with Crippen molar-refractivity contribution < 1.29 is 19.4 Å². The lowest BCUT2D eigenvalue weighted by atomic mass is 9.98. The SMILES string of the molecule is O=C(O)c1cccc2c1C(=O)C(CC1CCCO1)N2. The third-order valence-electron chi connectivity index (χ3n) is 3.71. The zero-order chi connectivity index (χ0) is 13.4. The normalized spacial score (nSPS) is 25.2. The van der Waals surface area contributed by atoms with Gasteiger partial charge in [0.1, 0.15) is 0 Å². The van der Waals surface area contributed by atoms with Gasteiger partial charge in [-0.1, -0.05) is 6.07 Å². The van der Waals surface area contributed by atoms with Gasteiger partial charge in [0.25, 0.3) is 0 Å². The molecule has 0 aliphatic carbocycles. The summed E-state index contributed by atoms with van der Waals surface area (Å²) < 4.78 is 5.53. The molecular formula is C14H15NO4. The number of aromatic carboxylic acids is 1. The van der Waals surface area contributed by atoms with Crippen LogP contribution in [0.4, 0.5) is 5.69 Å². The first kappa shape index (κ1) is 12.2. The van der Waals surface area contributed by atoms with E-state index in [1.807, 2.05) is 0 Å². The molecule has 0 amide bonds. The van der Waals surface area contributed by atoms with Gasteiger partial charge < -0.3 is 15.2 Å². The molecule has 19 heavy (non-hydrogen) atoms. The monoisotopic (exact) mass is 261 g/mol. The summed E-state index contributed by atoms with van der Waals surface area (Å²) in [4.78, 5) is 23.5. The lowest BCUT2D eigenvalue weighted by molar-refractivity contribution is 0.0691. The van der Waals surface area contributed by atoms with Gasteiger partial charge in [-0.05, 0) is 25.0 Å². The third-order valence-corrected chi connectivity index (χ3v) is 3.71. The van der Waals surface area contributed by atoms with Crippen LogP contribution >= 0.6 is 0 Å². The minimum Gasteiger partial charge on any atom is -0.478 e. The molecule has 2 N–H and O–H groups in total. The van der Waals surface area contributed by atoms with Crippen molar-refractivity contribution in [2.75, 3.05) is 11.9 Å². The van der Waals surface area contributed by atoms with Crippen LogP contribution < -0.4 is 5.32 Å². The third kappa shape index (κ3) is 2.10. The van der Waals surface area contributed by atoms with Crippen molar-refractivity contribution >= 4 is 17.4 Å². The number of carbonyl (C=O) groups excluding carboxylic acids is 1. The maximum Gasteiger partial charge on any atom is 0.336 e. The Labute approximate surface area is 110 Å². The maximum atomic E-state index is 12.3. The van der Waals surface area contributed by atoms with Crippen molar-refractivity contribution in [1.29, 1.82) is 0 Å². The number of ether oxygens (including phenoxy) is 1. The summed E-state index contributed by atoms with van der Waals surface area (Å²) in [6.07, 6.45) is 2.70. The van der Waals surface area contributed by atoms with Crippen molar-refractivity contribution in [3.05, 3.63) is 29.3 Å². The molecule has 5 nitrogen and oxygen atoms in total. The van der Waals surface area contributed by atoms with E-state index in [-0.39, 0.29) is 23.5 Å². The highest BCUT2D eigenvalue weighted by Gasteiger charge is 2.35. The van der Waals surface area contributed by atoms with Gasteiger partial charge in [0.2, 0.25) is 0 Å². The molecule has 2 aliphatic rings. The highest BCUT2D eigenvalue weighted by molar-refractivity contribution is 6.16. The standard InChI is InChI=1S/C14H15NO4/c16-13-11(7-8-3-2-6-19-8)15-10-5-1-4-9(12(10)13)14(17)18/h1,4-5,8,11,15H,2-3,6-7H2,(H,17,18). The maximum absolute atomic E-state index is 12.3. The van der Waals surface area contributed by atoms with Crippen molar-refractivity contribution in [2.24, 2.45) is 0 Å². The fraction of sp³-hybridized carbons (Fsp3) is 0.429. The molecule has 1 aromatic rings. The second kappa shape index (κ2) is 4.66. The smallest absolute Gasteiger partial charge is 0.336 e. The minimum atomic E-state index is -1.07. The number of ketones is 1. The molecule has 5 heteroatoms. The Morgan fingerprint density at radius 1 is 1.47 bits per heavy atom. The van der Waals surface area contributed by atoms with Crippen molar-refractivity contribution in [2.45, 2.75) is 31.4 Å². The number of hydrogen-bond donors (Lipinski definition) is 2. The first-order valence-corrected chi connectivity index (χ1v) is 6.45. The second-order valence-corrected chi connectivity index (χ2v) is 4.97. The zero-order valence-corrected chi connectivity index (χ0v) is 10.4. The van der Waals surface area contributed by atoms with E-state index in [9.17, 15) is 9.59 Å². The lowest BCUT2D eigenvalue weighted by Crippen LogP contribution is -2.28. The van der Waals surface area contributed by atoms with E-state index in [4.69, 9.17) is 9.84 Å². The van der Waals surface area contributed by atoms with E-state index in [0.717, 1.165) is 19.4 Å². The summed E-state index contributed by atoms with van der Waals surface area (Å²) in [7, 11) is 0. The summed E-state index contributed by atoms with van der Waals surface area (Å²) in [6.45, 7) is 0.749. The minimum absolute atomic E-state index is 0.0739. The summed E-state index contributed by atoms with van der Waals surface area (Å²) in [5.41, 5.74) is 0.996. The molecular weight excluding hydrogens is 246 g/mol. The fourth-order valence-corrected chi connectivity index (χ4v) is 2.80. The molecule has 0 spiro atoms. The van der Waals surface area contributed by atoms with Gasteiger partial charge in [-0.3, -0.25) is 4.79 Å². The van der Waals surface area contributed by atoms with Crippen LogP contribution in [0.1, 0.15) is 40.0 Å². The Balaban J connectivity index is 1.85. The summed E-state index contributed by atoms with van der Waals surface area (Å²) >= 11 is 0. The second-order valence-electron chi connectivity index (χ2n) is 4.97. The number of carbonyl (C=O) groups is 2. The quantitative estimate of drug-likeness (QED) is 0.869. The number of hydrogen-bond acceptors (Lipinski definition) is 4. The number of anilines is 1. The van der Waals surface area contributed by atoms with Gasteiger partial charge in [0, 0.05) is 18.7 Å². The molecule has 0 saturated carbocycles. The number of carboxylic acid groups (broad SMARTS) is 1. The average Bonchev–Trinajstić information content (AvgIpc) is 2.99. The van der Waals surface area contributed by atoms with Crippen LogP contribution in [0, 0.1) is 0 Å². The molecule has 0 bridgehead atoms. The Morgan fingerprint density at radius 2 is 2.32 bits per heavy atom. The predicted molar refractivity (Wildman–Crippen MR) is 68.7 cm³/mol. The molecule has 0 aromatic heterocycles. The van der Waals surface area contributed by atoms with E-state index < -0.39 is 5.97 Å². The van der Waals surface area contributed by atoms with E-state index in [1.165, 1.54) is 6.07 Å². The topological polar surface area (TPSA) is 75.6 Å². The van der Waals surface area contributed by atoms with E-state index in [1.54, 1.807) is 12.1 Å². The molecule has 1 saturated heterocycles. The molecule has 1 aromatic carbocycles. The van der Waals surface area contributed by atoms with Crippen LogP contribution in [0.5, 0.6) is 0 Å². The van der Waals surface area contributed by atoms with Crippen LogP contribution in [-0.4, -0.2) is 35.6 Å². The summed E-state index contributed by atoms with van der Waals surface area (Å²) in [5.74, 6) is -1.20. The molecule has 100 valence electrons. The predicted octanol–water partition coefficient (Wildman–Crippen LogP) is 1.93. The van der Waals surface area contributed by atoms with Gasteiger partial charge in [-0.15, -0.1) is 0 Å². The zero-order valence-electron chi connectivity index (χ0n) is 10.4. The van der Waals surface area contributed by atoms with E-state index in [2.05, 4.69) is 5.32 Å². The molecule has 2 atom stereocenters. The van der Waals surface area contributed by atoms with Crippen molar-refractivity contribution in [1.82, 2.24) is 0 Å². The highest BCUT2D eigenvalue weighted by atomic mass is 16.5. The number of Topliss-reactive ketones (excluding diaryl/α,β-unsaturated/α-hetero) is 1. The van der Waals surface area contributed by atoms with Crippen LogP contribution in [0.3, 0.4) is 0 Å². The molecule has 2 heterocycles. The van der Waals surface area contributed by atoms with Gasteiger partial charge in [-0.2, -0.15) is 0 Å². The van der Waals surface area contributed by atoms with E-state index in [0.29, 0.717) is 17.7 Å². The Hall–Kier alpha value is -1.88. The first-order valence-electron chi connectivity index (χ1n) is 6.45. The fourth-order valence-electron chi connectivity index (χ4n) is 2.80. The van der Waals surface area contributed by atoms with Crippen LogP contribution in [-0.2, 0) is 4.74 Å². The Kier molecular flexibility index (Phi) is 2.98. The molecule has 2 aliphatic heterocycles. The van der Waals surface area contributed by atoms with Gasteiger partial charge in [-0.25, -0.2) is 4.79 Å². The van der Waals surface area contributed by atoms with Gasteiger partial charge in [0.05, 0.1) is 23.3 Å². The van der Waals surface area contributed by atoms with Gasteiger partial charge in [0.15, 0.2) is 5.78 Å². The molecule has 0 radical (unpaired) electrons. The Bertz CT molecular complexity index is 534. The number of rotatable bonds is 3. The first-order chi connectivity index (χ1) is 9.16. The molecule has 1 fully saturated rings. The summed E-state index contributed by atoms with van der Waals surface area (Å²) in [5, 5.41) is 12.2. The average molecular weight is 261 g/mol. The lowest BCUT2D eigenvalue weighted by Gasteiger charge is -2.14. The van der Waals surface area contributed by atoms with E-state index >= 15 is 0 Å². The molecule has 2 unspecified atom stereocenters. The van der Waals surface area contributed by atoms with Gasteiger partial charge >= 0.3 is 5.97 Å². The number of nitrogens with one attached hydrogen (secondary N) is 1. The van der Waals surface area contributed by atoms with Crippen LogP contribution in [0.2, 0.25) is 0 Å². The van der Waals surface area contributed by atoms with Crippen LogP contribution in [0.15, 0.2) is 18.2 Å². The van der Waals surface area contributed by atoms with Crippen LogP contribution in [0.25, 0.3) is 0 Å². The number of benzene rings is 1. The summed E-state index contributed by atoms with van der Waals surface area (Å²) in [6, 6.07) is 4.50. The number of fused-ring (bicyclic) bond motifs is 1. The molecule has 3 rings (SSSR count). The van der Waals surface area contributed by atoms with Crippen molar-refractivity contribution in [3.8, 4) is 0 Å². The van der Waals surface area contributed by atoms with Crippen molar-refractivity contribution in [3.63, 3.8) is 0 Å². The largest absolute Gasteiger partial charge is 0.478 e. The Morgan fingerprint density at radius 3 is 3.00 bits per heavy atom. The highest BCUT2D eigenvalue weighted by Crippen LogP contribution is 2.32. The number of carboxylic acids is 1.